The van der Waals surface area contributed by atoms with Crippen LogP contribution >= 0.6 is 15.9 Å². The molecule has 4 N–H and O–H groups in total. The number of hydrogen-bond donors (Lipinski definition) is 3. The molecule has 2 aromatic rings. The molecule has 0 atom stereocenters. The number of ether oxygens (including phenoxy) is 1. The van der Waals surface area contributed by atoms with Gasteiger partial charge in [0, 0.05) is 47.3 Å². The van der Waals surface area contributed by atoms with Crippen LogP contribution in [0.3, 0.4) is 0 Å². The van der Waals surface area contributed by atoms with Crippen molar-refractivity contribution in [3.8, 4) is 5.75 Å². The van der Waals surface area contributed by atoms with Gasteiger partial charge >= 0.3 is 0 Å². The summed E-state index contributed by atoms with van der Waals surface area (Å²) in [6.07, 6.45) is 8.04. The van der Waals surface area contributed by atoms with Gasteiger partial charge < -0.3 is 25.8 Å². The molecule has 0 spiro atoms. The summed E-state index contributed by atoms with van der Waals surface area (Å²) in [7, 11) is 0. The molecule has 6 nitrogen and oxygen atoms in total. The number of nitrogens with one attached hydrogen (secondary N) is 1. The quantitative estimate of drug-likeness (QED) is 0.237. The highest BCUT2D eigenvalue weighted by molar-refractivity contribution is 9.10. The molecule has 0 unspecified atom stereocenters. The second-order valence-corrected chi connectivity index (χ2v) is 8.91. The van der Waals surface area contributed by atoms with E-state index in [1.54, 1.807) is 18.3 Å². The molecule has 1 amide bonds. The van der Waals surface area contributed by atoms with Crippen molar-refractivity contribution in [2.24, 2.45) is 5.73 Å². The topological polar surface area (TPSA) is 87.8 Å². The molecular weight excluding hydrogens is 513 g/mol. The average molecular weight is 546 g/mol. The van der Waals surface area contributed by atoms with Crippen molar-refractivity contribution in [3.05, 3.63) is 94.1 Å². The van der Waals surface area contributed by atoms with E-state index in [0.29, 0.717) is 41.7 Å². The lowest BCUT2D eigenvalue weighted by Gasteiger charge is -2.19. The van der Waals surface area contributed by atoms with E-state index < -0.39 is 5.82 Å². The predicted octanol–water partition coefficient (Wildman–Crippen LogP) is 4.67. The zero-order chi connectivity index (χ0) is 25.6. The first-order chi connectivity index (χ1) is 16.8. The number of aryl methyl sites for hydroxylation is 2. The Bertz CT molecular complexity index is 1060. The molecule has 0 saturated carbocycles. The molecule has 0 fully saturated rings. The largest absolute Gasteiger partial charge is 0.493 e. The van der Waals surface area contributed by atoms with E-state index >= 15 is 0 Å². The predicted molar refractivity (Wildman–Crippen MR) is 142 cm³/mol. The van der Waals surface area contributed by atoms with Gasteiger partial charge in [-0.05, 0) is 61.6 Å². The Kier molecular flexibility index (Phi) is 12.1. The van der Waals surface area contributed by atoms with Crippen molar-refractivity contribution in [1.82, 2.24) is 10.2 Å². The maximum absolute atomic E-state index is 13.9. The Morgan fingerprint density at radius 3 is 2.77 bits per heavy atom. The first-order valence-corrected chi connectivity index (χ1v) is 12.2. The fourth-order valence-corrected chi connectivity index (χ4v) is 3.70. The van der Waals surface area contributed by atoms with E-state index in [2.05, 4.69) is 33.9 Å². The lowest BCUT2D eigenvalue weighted by atomic mass is 10.1. The summed E-state index contributed by atoms with van der Waals surface area (Å²) in [5.41, 5.74) is 8.49. The Balaban J connectivity index is 1.76. The summed E-state index contributed by atoms with van der Waals surface area (Å²) in [6.45, 7) is 7.83. The maximum Gasteiger partial charge on any atom is 0.248 e. The van der Waals surface area contributed by atoms with Gasteiger partial charge in [-0.3, -0.25) is 4.79 Å². The first kappa shape index (κ1) is 28.1. The van der Waals surface area contributed by atoms with Crippen LogP contribution in [0.5, 0.6) is 5.75 Å². The molecule has 8 heteroatoms. The number of amides is 1. The fourth-order valence-electron chi connectivity index (χ4n) is 3.37. The van der Waals surface area contributed by atoms with Gasteiger partial charge in [0.15, 0.2) is 0 Å². The first-order valence-electron chi connectivity index (χ1n) is 11.4. The van der Waals surface area contributed by atoms with Crippen LogP contribution in [0.2, 0.25) is 0 Å². The molecule has 2 aromatic carbocycles. The van der Waals surface area contributed by atoms with Crippen molar-refractivity contribution in [2.45, 2.75) is 26.2 Å². The van der Waals surface area contributed by atoms with E-state index in [-0.39, 0.29) is 12.5 Å². The smallest absolute Gasteiger partial charge is 0.248 e. The number of carbonyl (C=O) groups excluding carboxylic acids is 1. The molecule has 0 heterocycles. The minimum atomic E-state index is -0.405. The molecule has 188 valence electrons. The number of carbonyl (C=O) groups is 1. The van der Waals surface area contributed by atoms with Crippen LogP contribution < -0.4 is 15.8 Å². The Hall–Kier alpha value is -3.10. The molecule has 0 aliphatic heterocycles. The van der Waals surface area contributed by atoms with Crippen molar-refractivity contribution in [2.75, 3.05) is 26.3 Å². The highest BCUT2D eigenvalue weighted by Crippen LogP contribution is 2.21. The summed E-state index contributed by atoms with van der Waals surface area (Å²) in [5, 5.41) is 11.8. The van der Waals surface area contributed by atoms with Gasteiger partial charge in [0.2, 0.25) is 5.91 Å². The average Bonchev–Trinajstić information content (AvgIpc) is 2.81. The number of halogens is 2. The molecule has 0 radical (unpaired) electrons. The second-order valence-electron chi connectivity index (χ2n) is 7.99. The third-order valence-electron chi connectivity index (χ3n) is 5.16. The zero-order valence-corrected chi connectivity index (χ0v) is 21.6. The van der Waals surface area contributed by atoms with E-state index in [4.69, 9.17) is 15.6 Å². The van der Waals surface area contributed by atoms with Crippen molar-refractivity contribution in [3.63, 3.8) is 0 Å². The van der Waals surface area contributed by atoms with Gasteiger partial charge in [0.25, 0.3) is 0 Å². The maximum atomic E-state index is 13.9. The third kappa shape index (κ3) is 10.4. The van der Waals surface area contributed by atoms with E-state index in [1.807, 2.05) is 24.0 Å². The van der Waals surface area contributed by atoms with Crippen LogP contribution in [-0.4, -0.2) is 42.2 Å². The van der Waals surface area contributed by atoms with E-state index in [1.165, 1.54) is 24.4 Å². The monoisotopic (exact) mass is 545 g/mol. The molecule has 0 aliphatic carbocycles. The Morgan fingerprint density at radius 1 is 1.29 bits per heavy atom. The van der Waals surface area contributed by atoms with Gasteiger partial charge in [-0.15, -0.1) is 0 Å². The summed E-state index contributed by atoms with van der Waals surface area (Å²) in [5.74, 6) is 0.0727. The molecule has 0 bridgehead atoms. The number of rotatable bonds is 14. The lowest BCUT2D eigenvalue weighted by molar-refractivity contribution is -0.115. The number of allylic oxidation sites excluding steroid dienone is 1. The third-order valence-corrected chi connectivity index (χ3v) is 5.66. The molecular formula is C27H33BrFN3O3. The second kappa shape index (κ2) is 15.0. The number of nitrogens with two attached hydrogens (primary N) is 1. The van der Waals surface area contributed by atoms with Crippen molar-refractivity contribution >= 4 is 27.9 Å². The molecule has 0 aliphatic rings. The normalized spacial score (nSPS) is 11.2. The highest BCUT2D eigenvalue weighted by Gasteiger charge is 2.06. The van der Waals surface area contributed by atoms with E-state index in [0.717, 1.165) is 29.8 Å². The van der Waals surface area contributed by atoms with Gasteiger partial charge in [-0.1, -0.05) is 40.7 Å². The summed E-state index contributed by atoms with van der Waals surface area (Å²) in [6, 6.07) is 10.7. The van der Waals surface area contributed by atoms with Gasteiger partial charge in [0.1, 0.15) is 11.6 Å². The van der Waals surface area contributed by atoms with Crippen LogP contribution in [0.1, 0.15) is 29.5 Å². The van der Waals surface area contributed by atoms with Crippen LogP contribution in [0.4, 0.5) is 4.39 Å². The summed E-state index contributed by atoms with van der Waals surface area (Å²) in [4.78, 5) is 14.1. The van der Waals surface area contributed by atoms with Gasteiger partial charge in [-0.25, -0.2) is 4.39 Å². The Morgan fingerprint density at radius 2 is 2.09 bits per heavy atom. The molecule has 35 heavy (non-hydrogen) atoms. The number of benzene rings is 2. The van der Waals surface area contributed by atoms with Crippen molar-refractivity contribution < 1.29 is 19.0 Å². The van der Waals surface area contributed by atoms with Crippen LogP contribution in [0.15, 0.2) is 71.6 Å². The zero-order valence-electron chi connectivity index (χ0n) is 20.0. The van der Waals surface area contributed by atoms with Crippen LogP contribution in [0, 0.1) is 12.7 Å². The Labute approximate surface area is 215 Å². The standard InChI is InChI=1S/C27H33BrFN3O3/c1-20-18-22(6-10-26(20)35-17-3-13-32(14-12-30)15-16-33)5-4-21(2)31-27(34)11-8-23-7-9-24(28)19-25(23)29/h6-12,14,18-19,33H,2-5,13,15-17,30H2,1H3,(H,31,34)/b11-8+,14-12-. The number of aliphatic hydroxyl groups excluding tert-OH is 1. The summed E-state index contributed by atoms with van der Waals surface area (Å²) >= 11 is 3.21. The van der Waals surface area contributed by atoms with Gasteiger partial charge in [0.05, 0.1) is 13.2 Å². The lowest BCUT2D eigenvalue weighted by Crippen LogP contribution is -2.24. The molecule has 0 saturated heterocycles. The number of hydrogen-bond acceptors (Lipinski definition) is 5. The SMILES string of the molecule is C=C(CCc1ccc(OCCCN(/C=C\N)CCO)c(C)c1)NC(=O)/C=C/c1ccc(Br)cc1F. The van der Waals surface area contributed by atoms with E-state index in [9.17, 15) is 9.18 Å². The minimum absolute atomic E-state index is 0.0740. The van der Waals surface area contributed by atoms with Crippen LogP contribution in [0.25, 0.3) is 6.08 Å². The minimum Gasteiger partial charge on any atom is -0.493 e. The fraction of sp³-hybridized carbons (Fsp3) is 0.296. The van der Waals surface area contributed by atoms with Crippen LogP contribution in [-0.2, 0) is 11.2 Å². The number of aliphatic hydroxyl groups is 1. The van der Waals surface area contributed by atoms with Gasteiger partial charge in [-0.2, -0.15) is 0 Å². The number of nitrogens with zero attached hydrogens (tertiary/aromatic N) is 1. The molecule has 0 aromatic heterocycles. The highest BCUT2D eigenvalue weighted by atomic mass is 79.9. The summed E-state index contributed by atoms with van der Waals surface area (Å²) < 4.78 is 20.4. The van der Waals surface area contributed by atoms with Crippen molar-refractivity contribution in [1.29, 1.82) is 0 Å². The molecule has 2 rings (SSSR count).